The summed E-state index contributed by atoms with van der Waals surface area (Å²) < 4.78 is 6.47. The second-order valence-corrected chi connectivity index (χ2v) is 9.08. The van der Waals surface area contributed by atoms with Gasteiger partial charge in [0.05, 0.1) is 29.0 Å². The Morgan fingerprint density at radius 1 is 1.06 bits per heavy atom. The highest BCUT2D eigenvalue weighted by Gasteiger charge is 2.17. The largest absolute Gasteiger partial charge is 0.378 e. The number of thiazole rings is 1. The van der Waals surface area contributed by atoms with E-state index < -0.39 is 0 Å². The Morgan fingerprint density at radius 2 is 1.90 bits per heavy atom. The van der Waals surface area contributed by atoms with Crippen LogP contribution in [0, 0.1) is 0 Å². The first-order chi connectivity index (χ1) is 15.3. The number of pyridine rings is 1. The van der Waals surface area contributed by atoms with Gasteiger partial charge in [-0.15, -0.1) is 0 Å². The molecule has 6 nitrogen and oxygen atoms in total. The highest BCUT2D eigenvalue weighted by Crippen LogP contribution is 2.32. The lowest BCUT2D eigenvalue weighted by Crippen LogP contribution is -2.36. The first kappa shape index (κ1) is 20.0. The van der Waals surface area contributed by atoms with Crippen LogP contribution in [-0.2, 0) is 4.74 Å². The molecule has 8 heteroatoms. The fraction of sp³-hybridized carbons (Fsp3) is 0.174. The van der Waals surface area contributed by atoms with Crippen molar-refractivity contribution in [1.29, 1.82) is 0 Å². The van der Waals surface area contributed by atoms with E-state index in [0.717, 1.165) is 52.2 Å². The molecule has 0 aliphatic carbocycles. The van der Waals surface area contributed by atoms with Gasteiger partial charge in [0.25, 0.3) is 5.91 Å². The molecule has 0 radical (unpaired) electrons. The summed E-state index contributed by atoms with van der Waals surface area (Å²) in [6.07, 6.45) is 1.71. The standard InChI is InChI=1S/C23H20N4O2S2/c28-21(18-7-4-10-24-22(18)30-17-5-2-1-3-6-17)25-16-8-9-19-20(15-16)31-23(26-19)27-11-13-29-14-12-27/h1-10,15H,11-14H2,(H,25,28). The molecule has 1 amide bonds. The maximum Gasteiger partial charge on any atom is 0.258 e. The first-order valence-electron chi connectivity index (χ1n) is 9.99. The molecule has 0 atom stereocenters. The Hall–Kier alpha value is -2.94. The van der Waals surface area contributed by atoms with E-state index >= 15 is 0 Å². The summed E-state index contributed by atoms with van der Waals surface area (Å²) in [5, 5.41) is 4.69. The zero-order valence-corrected chi connectivity index (χ0v) is 18.3. The molecule has 1 fully saturated rings. The third kappa shape index (κ3) is 4.56. The van der Waals surface area contributed by atoms with E-state index in [0.29, 0.717) is 10.6 Å². The van der Waals surface area contributed by atoms with E-state index in [-0.39, 0.29) is 5.91 Å². The third-order valence-electron chi connectivity index (χ3n) is 4.89. The van der Waals surface area contributed by atoms with E-state index in [2.05, 4.69) is 15.2 Å². The van der Waals surface area contributed by atoms with Crippen LogP contribution in [0.4, 0.5) is 10.8 Å². The van der Waals surface area contributed by atoms with Crippen molar-refractivity contribution < 1.29 is 9.53 Å². The van der Waals surface area contributed by atoms with E-state index in [1.54, 1.807) is 29.7 Å². The van der Waals surface area contributed by atoms with Crippen molar-refractivity contribution in [2.24, 2.45) is 0 Å². The number of rotatable bonds is 5. The quantitative estimate of drug-likeness (QED) is 0.467. The van der Waals surface area contributed by atoms with Gasteiger partial charge in [0.2, 0.25) is 0 Å². The van der Waals surface area contributed by atoms with Crippen LogP contribution in [0.5, 0.6) is 0 Å². The monoisotopic (exact) mass is 448 g/mol. The summed E-state index contributed by atoms with van der Waals surface area (Å²) in [4.78, 5) is 25.5. The highest BCUT2D eigenvalue weighted by atomic mass is 32.2. The molecule has 156 valence electrons. The van der Waals surface area contributed by atoms with E-state index in [4.69, 9.17) is 9.72 Å². The molecular formula is C23H20N4O2S2. The number of hydrogen-bond acceptors (Lipinski definition) is 7. The molecule has 1 aliphatic rings. The number of carbonyl (C=O) groups is 1. The lowest BCUT2D eigenvalue weighted by molar-refractivity contribution is 0.102. The van der Waals surface area contributed by atoms with Gasteiger partial charge in [0, 0.05) is 29.9 Å². The summed E-state index contributed by atoms with van der Waals surface area (Å²) in [5.41, 5.74) is 2.23. The van der Waals surface area contributed by atoms with Crippen LogP contribution >= 0.6 is 23.1 Å². The summed E-state index contributed by atoms with van der Waals surface area (Å²) in [7, 11) is 0. The third-order valence-corrected chi connectivity index (χ3v) is 7.00. The van der Waals surface area contributed by atoms with Crippen LogP contribution in [0.2, 0.25) is 0 Å². The lowest BCUT2D eigenvalue weighted by Gasteiger charge is -2.25. The second kappa shape index (κ2) is 9.05. The molecule has 4 aromatic rings. The summed E-state index contributed by atoms with van der Waals surface area (Å²) in [6, 6.07) is 19.3. The van der Waals surface area contributed by atoms with Gasteiger partial charge in [-0.05, 0) is 42.5 Å². The van der Waals surface area contributed by atoms with Crippen LogP contribution < -0.4 is 10.2 Å². The number of nitrogens with zero attached hydrogens (tertiary/aromatic N) is 3. The van der Waals surface area contributed by atoms with E-state index in [1.165, 1.54) is 11.8 Å². The first-order valence-corrected chi connectivity index (χ1v) is 11.6. The average molecular weight is 449 g/mol. The van der Waals surface area contributed by atoms with Crippen LogP contribution in [-0.4, -0.2) is 42.2 Å². The van der Waals surface area contributed by atoms with Gasteiger partial charge in [-0.2, -0.15) is 0 Å². The molecule has 31 heavy (non-hydrogen) atoms. The minimum Gasteiger partial charge on any atom is -0.378 e. The van der Waals surface area contributed by atoms with Crippen LogP contribution in [0.1, 0.15) is 10.4 Å². The van der Waals surface area contributed by atoms with Gasteiger partial charge in [-0.25, -0.2) is 9.97 Å². The molecule has 3 heterocycles. The lowest BCUT2D eigenvalue weighted by atomic mass is 10.2. The van der Waals surface area contributed by atoms with E-state index in [1.807, 2.05) is 48.5 Å². The number of carbonyl (C=O) groups excluding carboxylic acids is 1. The molecule has 2 aromatic carbocycles. The zero-order valence-electron chi connectivity index (χ0n) is 16.7. The van der Waals surface area contributed by atoms with Gasteiger partial charge >= 0.3 is 0 Å². The zero-order chi connectivity index (χ0) is 21.0. The fourth-order valence-electron chi connectivity index (χ4n) is 3.32. The van der Waals surface area contributed by atoms with Crippen LogP contribution in [0.3, 0.4) is 0 Å². The van der Waals surface area contributed by atoms with Gasteiger partial charge in [-0.1, -0.05) is 41.3 Å². The number of ether oxygens (including phenoxy) is 1. The van der Waals surface area contributed by atoms with Gasteiger partial charge < -0.3 is 15.0 Å². The minimum absolute atomic E-state index is 0.177. The van der Waals surface area contributed by atoms with Crippen molar-refractivity contribution in [2.45, 2.75) is 9.92 Å². The van der Waals surface area contributed by atoms with Crippen molar-refractivity contribution in [3.8, 4) is 0 Å². The number of morpholine rings is 1. The van der Waals surface area contributed by atoms with Crippen molar-refractivity contribution in [2.75, 3.05) is 36.5 Å². The number of hydrogen-bond donors (Lipinski definition) is 1. The molecule has 2 aromatic heterocycles. The molecule has 0 spiro atoms. The molecule has 5 rings (SSSR count). The predicted octanol–water partition coefficient (Wildman–Crippen LogP) is 4.93. The Labute approximate surface area is 188 Å². The second-order valence-electron chi connectivity index (χ2n) is 7.00. The smallest absolute Gasteiger partial charge is 0.258 e. The number of anilines is 2. The maximum absolute atomic E-state index is 13.0. The molecule has 1 saturated heterocycles. The Morgan fingerprint density at radius 3 is 2.74 bits per heavy atom. The molecule has 0 saturated carbocycles. The number of fused-ring (bicyclic) bond motifs is 1. The topological polar surface area (TPSA) is 67.4 Å². The van der Waals surface area contributed by atoms with E-state index in [9.17, 15) is 4.79 Å². The maximum atomic E-state index is 13.0. The van der Waals surface area contributed by atoms with Crippen molar-refractivity contribution in [3.63, 3.8) is 0 Å². The number of nitrogens with one attached hydrogen (secondary N) is 1. The summed E-state index contributed by atoms with van der Waals surface area (Å²) in [6.45, 7) is 3.16. The predicted molar refractivity (Wildman–Crippen MR) is 125 cm³/mol. The minimum atomic E-state index is -0.177. The normalized spacial score (nSPS) is 14.0. The molecule has 0 bridgehead atoms. The van der Waals surface area contributed by atoms with Gasteiger partial charge in [0.1, 0.15) is 5.03 Å². The SMILES string of the molecule is O=C(Nc1ccc2nc(N3CCOCC3)sc2c1)c1cccnc1Sc1ccccc1. The van der Waals surface area contributed by atoms with Crippen molar-refractivity contribution in [3.05, 3.63) is 72.4 Å². The Balaban J connectivity index is 1.35. The molecule has 0 unspecified atom stereocenters. The molecule has 1 aliphatic heterocycles. The van der Waals surface area contributed by atoms with Crippen LogP contribution in [0.15, 0.2) is 76.8 Å². The molecular weight excluding hydrogens is 428 g/mol. The summed E-state index contributed by atoms with van der Waals surface area (Å²) >= 11 is 3.12. The Kier molecular flexibility index (Phi) is 5.84. The highest BCUT2D eigenvalue weighted by molar-refractivity contribution is 7.99. The van der Waals surface area contributed by atoms with Gasteiger partial charge in [0.15, 0.2) is 5.13 Å². The average Bonchev–Trinajstić information content (AvgIpc) is 3.24. The van der Waals surface area contributed by atoms with Crippen molar-refractivity contribution >= 4 is 50.0 Å². The molecule has 1 N–H and O–H groups in total. The van der Waals surface area contributed by atoms with Gasteiger partial charge in [-0.3, -0.25) is 4.79 Å². The number of benzene rings is 2. The van der Waals surface area contributed by atoms with Crippen molar-refractivity contribution in [1.82, 2.24) is 9.97 Å². The number of amides is 1. The number of aromatic nitrogens is 2. The fourth-order valence-corrected chi connectivity index (χ4v) is 5.28. The Bertz CT molecular complexity index is 1210. The summed E-state index contributed by atoms with van der Waals surface area (Å²) in [5.74, 6) is -0.177. The van der Waals surface area contributed by atoms with Crippen LogP contribution in [0.25, 0.3) is 10.2 Å².